The number of aromatic nitrogens is 1. The SMILES string of the molecule is O=C(N1CCN(c2nccs2)CC1)C1(c2ccc(Cl)cc2)CCC1. The topological polar surface area (TPSA) is 36.4 Å². The van der Waals surface area contributed by atoms with Gasteiger partial charge < -0.3 is 9.80 Å². The first-order valence-electron chi connectivity index (χ1n) is 8.39. The van der Waals surface area contributed by atoms with Crippen molar-refractivity contribution in [2.45, 2.75) is 24.7 Å². The number of rotatable bonds is 3. The lowest BCUT2D eigenvalue weighted by molar-refractivity contribution is -0.141. The van der Waals surface area contributed by atoms with Gasteiger partial charge in [-0.15, -0.1) is 11.3 Å². The number of hydrogen-bond donors (Lipinski definition) is 0. The van der Waals surface area contributed by atoms with Gasteiger partial charge in [-0.05, 0) is 30.5 Å². The zero-order valence-corrected chi connectivity index (χ0v) is 15.0. The summed E-state index contributed by atoms with van der Waals surface area (Å²) in [6.45, 7) is 3.26. The van der Waals surface area contributed by atoms with Gasteiger partial charge in [0.15, 0.2) is 5.13 Å². The smallest absolute Gasteiger partial charge is 0.233 e. The van der Waals surface area contributed by atoms with Crippen LogP contribution in [-0.2, 0) is 10.2 Å². The molecule has 1 aliphatic carbocycles. The minimum atomic E-state index is -0.325. The second-order valence-electron chi connectivity index (χ2n) is 6.54. The maximum atomic E-state index is 13.2. The van der Waals surface area contributed by atoms with Gasteiger partial charge in [-0.1, -0.05) is 30.2 Å². The van der Waals surface area contributed by atoms with Crippen LogP contribution in [0.25, 0.3) is 0 Å². The lowest BCUT2D eigenvalue weighted by Gasteiger charge is -2.46. The Morgan fingerprint density at radius 3 is 2.38 bits per heavy atom. The van der Waals surface area contributed by atoms with E-state index in [9.17, 15) is 4.79 Å². The van der Waals surface area contributed by atoms with Crippen LogP contribution in [-0.4, -0.2) is 42.0 Å². The summed E-state index contributed by atoms with van der Waals surface area (Å²) in [6.07, 6.45) is 4.84. The quantitative estimate of drug-likeness (QED) is 0.838. The summed E-state index contributed by atoms with van der Waals surface area (Å²) < 4.78 is 0. The summed E-state index contributed by atoms with van der Waals surface area (Å²) >= 11 is 7.67. The molecule has 2 aliphatic rings. The molecule has 126 valence electrons. The minimum absolute atomic E-state index is 0.287. The number of carbonyl (C=O) groups is 1. The van der Waals surface area contributed by atoms with E-state index in [0.717, 1.165) is 61.2 Å². The molecular weight excluding hydrogens is 342 g/mol. The summed E-state index contributed by atoms with van der Waals surface area (Å²) in [6, 6.07) is 7.83. The number of benzene rings is 1. The van der Waals surface area contributed by atoms with E-state index >= 15 is 0 Å². The van der Waals surface area contributed by atoms with E-state index in [1.165, 1.54) is 0 Å². The molecule has 1 saturated carbocycles. The van der Waals surface area contributed by atoms with E-state index in [1.54, 1.807) is 11.3 Å². The molecule has 0 atom stereocenters. The first-order chi connectivity index (χ1) is 11.7. The molecule has 0 radical (unpaired) electrons. The van der Waals surface area contributed by atoms with Gasteiger partial charge in [0, 0.05) is 42.8 Å². The highest BCUT2D eigenvalue weighted by Crippen LogP contribution is 2.45. The standard InChI is InChI=1S/C18H20ClN3OS/c19-15-4-2-14(3-5-15)18(6-1-7-18)16(23)21-9-11-22(12-10-21)17-20-8-13-24-17/h2-5,8,13H,1,6-7,9-12H2. The Kier molecular flexibility index (Phi) is 4.22. The van der Waals surface area contributed by atoms with Crippen molar-refractivity contribution in [1.82, 2.24) is 9.88 Å². The Hall–Kier alpha value is -1.59. The van der Waals surface area contributed by atoms with Gasteiger partial charge in [0.25, 0.3) is 0 Å². The molecule has 24 heavy (non-hydrogen) atoms. The molecule has 0 spiro atoms. The van der Waals surface area contributed by atoms with Crippen LogP contribution < -0.4 is 4.90 Å². The third-order valence-electron chi connectivity index (χ3n) is 5.27. The number of anilines is 1. The van der Waals surface area contributed by atoms with E-state index in [0.29, 0.717) is 0 Å². The number of halogens is 1. The molecule has 0 unspecified atom stereocenters. The van der Waals surface area contributed by atoms with Crippen molar-refractivity contribution >= 4 is 34.0 Å². The number of carbonyl (C=O) groups excluding carboxylic acids is 1. The summed E-state index contributed by atoms with van der Waals surface area (Å²) in [4.78, 5) is 21.9. The number of piperazine rings is 1. The molecule has 2 fully saturated rings. The Balaban J connectivity index is 1.48. The van der Waals surface area contributed by atoms with Crippen LogP contribution in [0.15, 0.2) is 35.8 Å². The predicted octanol–water partition coefficient (Wildman–Crippen LogP) is 3.57. The van der Waals surface area contributed by atoms with Gasteiger partial charge >= 0.3 is 0 Å². The molecule has 6 heteroatoms. The molecule has 1 aromatic heterocycles. The second-order valence-corrected chi connectivity index (χ2v) is 7.85. The normalized spacial score (nSPS) is 19.9. The van der Waals surface area contributed by atoms with Crippen molar-refractivity contribution in [2.75, 3.05) is 31.1 Å². The van der Waals surface area contributed by atoms with Crippen LogP contribution in [0.3, 0.4) is 0 Å². The Morgan fingerprint density at radius 2 is 1.83 bits per heavy atom. The highest BCUT2D eigenvalue weighted by molar-refractivity contribution is 7.13. The maximum Gasteiger partial charge on any atom is 0.233 e. The maximum absolute atomic E-state index is 13.2. The third kappa shape index (κ3) is 2.70. The number of nitrogens with zero attached hydrogens (tertiary/aromatic N) is 3. The van der Waals surface area contributed by atoms with Crippen LogP contribution in [0, 0.1) is 0 Å². The molecule has 1 saturated heterocycles. The first kappa shape index (κ1) is 15.9. The molecule has 4 rings (SSSR count). The second kappa shape index (κ2) is 6.37. The first-order valence-corrected chi connectivity index (χ1v) is 9.65. The fraction of sp³-hybridized carbons (Fsp3) is 0.444. The van der Waals surface area contributed by atoms with Gasteiger partial charge in [0.2, 0.25) is 5.91 Å². The Bertz CT molecular complexity index is 704. The van der Waals surface area contributed by atoms with Crippen molar-refractivity contribution in [2.24, 2.45) is 0 Å². The van der Waals surface area contributed by atoms with Crippen LogP contribution in [0.1, 0.15) is 24.8 Å². The lowest BCUT2D eigenvalue weighted by atomic mass is 9.63. The van der Waals surface area contributed by atoms with Crippen LogP contribution in [0.2, 0.25) is 5.02 Å². The molecule has 0 bridgehead atoms. The molecule has 2 heterocycles. The van der Waals surface area contributed by atoms with Gasteiger partial charge in [-0.25, -0.2) is 4.98 Å². The number of amides is 1. The molecule has 1 aromatic carbocycles. The predicted molar refractivity (Wildman–Crippen MR) is 97.9 cm³/mol. The van der Waals surface area contributed by atoms with E-state index < -0.39 is 0 Å². The zero-order valence-electron chi connectivity index (χ0n) is 13.4. The van der Waals surface area contributed by atoms with Gasteiger partial charge in [-0.3, -0.25) is 4.79 Å². The van der Waals surface area contributed by atoms with Crippen molar-refractivity contribution < 1.29 is 4.79 Å². The molecule has 0 N–H and O–H groups in total. The molecule has 4 nitrogen and oxygen atoms in total. The van der Waals surface area contributed by atoms with Crippen molar-refractivity contribution in [3.05, 3.63) is 46.4 Å². The molecule has 2 aromatic rings. The minimum Gasteiger partial charge on any atom is -0.345 e. The average Bonchev–Trinajstić information content (AvgIpc) is 3.10. The summed E-state index contributed by atoms with van der Waals surface area (Å²) in [5, 5.41) is 3.77. The molecular formula is C18H20ClN3OS. The number of thiazole rings is 1. The zero-order chi connectivity index (χ0) is 16.6. The van der Waals surface area contributed by atoms with E-state index in [-0.39, 0.29) is 11.3 Å². The van der Waals surface area contributed by atoms with E-state index in [1.807, 2.05) is 40.7 Å². The summed E-state index contributed by atoms with van der Waals surface area (Å²) in [7, 11) is 0. The highest BCUT2D eigenvalue weighted by atomic mass is 35.5. The Labute approximate surface area is 151 Å². The van der Waals surface area contributed by atoms with Crippen molar-refractivity contribution in [3.63, 3.8) is 0 Å². The van der Waals surface area contributed by atoms with Crippen LogP contribution >= 0.6 is 22.9 Å². The third-order valence-corrected chi connectivity index (χ3v) is 6.35. The largest absolute Gasteiger partial charge is 0.345 e. The molecule has 1 aliphatic heterocycles. The van der Waals surface area contributed by atoms with E-state index in [4.69, 9.17) is 11.6 Å². The average molecular weight is 362 g/mol. The fourth-order valence-electron chi connectivity index (χ4n) is 3.70. The lowest BCUT2D eigenvalue weighted by Crippen LogP contribution is -2.56. The van der Waals surface area contributed by atoms with Gasteiger partial charge in [0.05, 0.1) is 5.41 Å². The number of hydrogen-bond acceptors (Lipinski definition) is 4. The van der Waals surface area contributed by atoms with Gasteiger partial charge in [0.1, 0.15) is 0 Å². The highest BCUT2D eigenvalue weighted by Gasteiger charge is 2.47. The summed E-state index contributed by atoms with van der Waals surface area (Å²) in [5.41, 5.74) is 0.791. The van der Waals surface area contributed by atoms with Crippen molar-refractivity contribution in [1.29, 1.82) is 0 Å². The van der Waals surface area contributed by atoms with Crippen LogP contribution in [0.5, 0.6) is 0 Å². The fourth-order valence-corrected chi connectivity index (χ4v) is 4.52. The van der Waals surface area contributed by atoms with Crippen LogP contribution in [0.4, 0.5) is 5.13 Å². The molecule has 1 amide bonds. The van der Waals surface area contributed by atoms with Gasteiger partial charge in [-0.2, -0.15) is 0 Å². The van der Waals surface area contributed by atoms with E-state index in [2.05, 4.69) is 9.88 Å². The monoisotopic (exact) mass is 361 g/mol. The summed E-state index contributed by atoms with van der Waals surface area (Å²) in [5.74, 6) is 0.287. The Morgan fingerprint density at radius 1 is 1.12 bits per heavy atom. The van der Waals surface area contributed by atoms with Crippen molar-refractivity contribution in [3.8, 4) is 0 Å².